The Morgan fingerprint density at radius 2 is 2.12 bits per heavy atom. The van der Waals surface area contributed by atoms with Crippen LogP contribution in [0.4, 0.5) is 4.39 Å². The highest BCUT2D eigenvalue weighted by atomic mass is 19.1. The van der Waals surface area contributed by atoms with Gasteiger partial charge in [-0.3, -0.25) is 0 Å². The molecular formula is C14H22FN. The van der Waals surface area contributed by atoms with Crippen LogP contribution in [0, 0.1) is 11.7 Å². The SMILES string of the molecule is CCCC(C)C(Cc1cccc(F)c1)NC. The van der Waals surface area contributed by atoms with E-state index in [2.05, 4.69) is 19.2 Å². The summed E-state index contributed by atoms with van der Waals surface area (Å²) in [7, 11) is 1.98. The molecule has 0 amide bonds. The van der Waals surface area contributed by atoms with Crippen molar-refractivity contribution in [3.63, 3.8) is 0 Å². The van der Waals surface area contributed by atoms with E-state index in [1.807, 2.05) is 13.1 Å². The highest BCUT2D eigenvalue weighted by Gasteiger charge is 2.15. The van der Waals surface area contributed by atoms with E-state index in [-0.39, 0.29) is 5.82 Å². The van der Waals surface area contributed by atoms with Gasteiger partial charge in [0, 0.05) is 6.04 Å². The number of hydrogen-bond acceptors (Lipinski definition) is 1. The van der Waals surface area contributed by atoms with Crippen LogP contribution < -0.4 is 5.32 Å². The molecule has 1 rings (SSSR count). The molecule has 1 aromatic carbocycles. The highest BCUT2D eigenvalue weighted by molar-refractivity contribution is 5.17. The van der Waals surface area contributed by atoms with Gasteiger partial charge in [-0.2, -0.15) is 0 Å². The fourth-order valence-corrected chi connectivity index (χ4v) is 2.16. The molecule has 2 unspecified atom stereocenters. The lowest BCUT2D eigenvalue weighted by Crippen LogP contribution is -2.34. The third kappa shape index (κ3) is 3.93. The van der Waals surface area contributed by atoms with Crippen LogP contribution in [0.25, 0.3) is 0 Å². The first-order chi connectivity index (χ1) is 7.67. The Balaban J connectivity index is 2.62. The molecule has 0 saturated heterocycles. The number of likely N-dealkylation sites (N-methyl/N-ethyl adjacent to an activating group) is 1. The maximum Gasteiger partial charge on any atom is 0.123 e. The molecule has 0 aromatic heterocycles. The second kappa shape index (κ2) is 6.64. The number of rotatable bonds is 6. The lowest BCUT2D eigenvalue weighted by Gasteiger charge is -2.23. The van der Waals surface area contributed by atoms with Gasteiger partial charge in [0.15, 0.2) is 0 Å². The Kier molecular flexibility index (Phi) is 5.47. The number of benzene rings is 1. The van der Waals surface area contributed by atoms with Crippen LogP contribution in [0.3, 0.4) is 0 Å². The Hall–Kier alpha value is -0.890. The van der Waals surface area contributed by atoms with Crippen molar-refractivity contribution in [3.8, 4) is 0 Å². The Morgan fingerprint density at radius 3 is 2.69 bits per heavy atom. The first-order valence-electron chi connectivity index (χ1n) is 6.09. The third-order valence-electron chi connectivity index (χ3n) is 3.15. The van der Waals surface area contributed by atoms with Crippen LogP contribution in [0.15, 0.2) is 24.3 Å². The van der Waals surface area contributed by atoms with Gasteiger partial charge in [-0.25, -0.2) is 4.39 Å². The fourth-order valence-electron chi connectivity index (χ4n) is 2.16. The van der Waals surface area contributed by atoms with Crippen LogP contribution in [0.5, 0.6) is 0 Å². The molecule has 0 radical (unpaired) electrons. The standard InChI is InChI=1S/C14H22FN/c1-4-6-11(2)14(16-3)10-12-7-5-8-13(15)9-12/h5,7-9,11,14,16H,4,6,10H2,1-3H3. The quantitative estimate of drug-likeness (QED) is 0.779. The minimum atomic E-state index is -0.143. The first kappa shape index (κ1) is 13.2. The smallest absolute Gasteiger partial charge is 0.123 e. The Labute approximate surface area is 98.1 Å². The molecule has 2 heteroatoms. The zero-order valence-corrected chi connectivity index (χ0v) is 10.5. The van der Waals surface area contributed by atoms with E-state index in [9.17, 15) is 4.39 Å². The summed E-state index contributed by atoms with van der Waals surface area (Å²) < 4.78 is 13.1. The van der Waals surface area contributed by atoms with Crippen molar-refractivity contribution in [2.45, 2.75) is 39.2 Å². The average Bonchev–Trinajstić information content (AvgIpc) is 2.26. The molecule has 16 heavy (non-hydrogen) atoms. The predicted molar refractivity (Wildman–Crippen MR) is 67.0 cm³/mol. The van der Waals surface area contributed by atoms with E-state index >= 15 is 0 Å². The number of halogens is 1. The summed E-state index contributed by atoms with van der Waals surface area (Å²) >= 11 is 0. The van der Waals surface area contributed by atoms with E-state index in [0.717, 1.165) is 12.0 Å². The Morgan fingerprint density at radius 1 is 1.38 bits per heavy atom. The lowest BCUT2D eigenvalue weighted by molar-refractivity contribution is 0.371. The molecule has 0 aliphatic rings. The Bertz CT molecular complexity index is 311. The molecule has 90 valence electrons. The normalized spacial score (nSPS) is 14.8. The molecule has 0 spiro atoms. The second-order valence-electron chi connectivity index (χ2n) is 4.50. The highest BCUT2D eigenvalue weighted by Crippen LogP contribution is 2.15. The zero-order valence-electron chi connectivity index (χ0n) is 10.5. The van der Waals surface area contributed by atoms with Gasteiger partial charge in [-0.15, -0.1) is 0 Å². The molecule has 0 saturated carbocycles. The minimum Gasteiger partial charge on any atom is -0.316 e. The molecule has 1 nitrogen and oxygen atoms in total. The van der Waals surface area contributed by atoms with Gasteiger partial charge in [-0.05, 0) is 43.5 Å². The second-order valence-corrected chi connectivity index (χ2v) is 4.50. The van der Waals surface area contributed by atoms with Crippen molar-refractivity contribution in [1.82, 2.24) is 5.32 Å². The van der Waals surface area contributed by atoms with Crippen molar-refractivity contribution in [2.24, 2.45) is 5.92 Å². The predicted octanol–water partition coefficient (Wildman–Crippen LogP) is 3.39. The minimum absolute atomic E-state index is 0.143. The van der Waals surface area contributed by atoms with Crippen molar-refractivity contribution in [3.05, 3.63) is 35.6 Å². The summed E-state index contributed by atoms with van der Waals surface area (Å²) in [6.45, 7) is 4.45. The van der Waals surface area contributed by atoms with Gasteiger partial charge in [0.1, 0.15) is 5.82 Å². The zero-order chi connectivity index (χ0) is 12.0. The molecule has 0 aliphatic carbocycles. The molecule has 0 heterocycles. The van der Waals surface area contributed by atoms with Crippen molar-refractivity contribution >= 4 is 0 Å². The molecule has 0 bridgehead atoms. The van der Waals surface area contributed by atoms with Gasteiger partial charge in [-0.1, -0.05) is 32.4 Å². The van der Waals surface area contributed by atoms with Crippen LogP contribution in [0.2, 0.25) is 0 Å². The number of hydrogen-bond donors (Lipinski definition) is 1. The van der Waals surface area contributed by atoms with E-state index in [1.165, 1.54) is 18.9 Å². The first-order valence-corrected chi connectivity index (χ1v) is 6.09. The van der Waals surface area contributed by atoms with Crippen molar-refractivity contribution in [1.29, 1.82) is 0 Å². The topological polar surface area (TPSA) is 12.0 Å². The van der Waals surface area contributed by atoms with Gasteiger partial charge in [0.05, 0.1) is 0 Å². The monoisotopic (exact) mass is 223 g/mol. The van der Waals surface area contributed by atoms with Gasteiger partial charge in [0.2, 0.25) is 0 Å². The van der Waals surface area contributed by atoms with E-state index in [4.69, 9.17) is 0 Å². The summed E-state index contributed by atoms with van der Waals surface area (Å²) in [5.74, 6) is 0.480. The summed E-state index contributed by atoms with van der Waals surface area (Å²) in [5, 5.41) is 3.33. The van der Waals surface area contributed by atoms with Crippen LogP contribution in [-0.2, 0) is 6.42 Å². The van der Waals surface area contributed by atoms with E-state index in [1.54, 1.807) is 12.1 Å². The van der Waals surface area contributed by atoms with E-state index in [0.29, 0.717) is 12.0 Å². The third-order valence-corrected chi connectivity index (χ3v) is 3.15. The largest absolute Gasteiger partial charge is 0.316 e. The number of nitrogens with one attached hydrogen (secondary N) is 1. The van der Waals surface area contributed by atoms with E-state index < -0.39 is 0 Å². The molecule has 1 aromatic rings. The summed E-state index contributed by atoms with van der Waals surface area (Å²) in [6.07, 6.45) is 3.30. The maximum absolute atomic E-state index is 13.1. The fraction of sp³-hybridized carbons (Fsp3) is 0.571. The lowest BCUT2D eigenvalue weighted by atomic mass is 9.92. The maximum atomic E-state index is 13.1. The average molecular weight is 223 g/mol. The van der Waals surface area contributed by atoms with Gasteiger partial charge < -0.3 is 5.32 Å². The van der Waals surface area contributed by atoms with Crippen molar-refractivity contribution < 1.29 is 4.39 Å². The summed E-state index contributed by atoms with van der Waals surface area (Å²) in [4.78, 5) is 0. The van der Waals surface area contributed by atoms with Gasteiger partial charge >= 0.3 is 0 Å². The summed E-state index contributed by atoms with van der Waals surface area (Å²) in [5.41, 5.74) is 1.07. The van der Waals surface area contributed by atoms with Crippen LogP contribution in [-0.4, -0.2) is 13.1 Å². The van der Waals surface area contributed by atoms with Crippen LogP contribution >= 0.6 is 0 Å². The van der Waals surface area contributed by atoms with Gasteiger partial charge in [0.25, 0.3) is 0 Å². The molecule has 0 aliphatic heterocycles. The summed E-state index contributed by atoms with van der Waals surface area (Å²) in [6, 6.07) is 7.33. The van der Waals surface area contributed by atoms with Crippen molar-refractivity contribution in [2.75, 3.05) is 7.05 Å². The molecule has 0 fully saturated rings. The molecule has 2 atom stereocenters. The van der Waals surface area contributed by atoms with Crippen LogP contribution in [0.1, 0.15) is 32.3 Å². The molecule has 1 N–H and O–H groups in total. The molecular weight excluding hydrogens is 201 g/mol.